The molecule has 0 saturated heterocycles. The van der Waals surface area contributed by atoms with Crippen LogP contribution >= 0.6 is 57.1 Å². The Morgan fingerprint density at radius 2 is 0.706 bits per heavy atom. The number of pyridine rings is 1. The van der Waals surface area contributed by atoms with Crippen LogP contribution in [0.2, 0.25) is 0 Å². The van der Waals surface area contributed by atoms with Gasteiger partial charge in [0.15, 0.2) is 0 Å². The van der Waals surface area contributed by atoms with Gasteiger partial charge in [-0.15, -0.1) is 32.9 Å². The molecule has 0 atom stereocenters. The summed E-state index contributed by atoms with van der Waals surface area (Å²) in [5.41, 5.74) is 6.65. The second kappa shape index (κ2) is 120. The number of hydrogen-bond donors (Lipinski definition) is 4. The highest BCUT2D eigenvalue weighted by Gasteiger charge is 1.99. The lowest BCUT2D eigenvalue weighted by Gasteiger charge is -2.01. The van der Waals surface area contributed by atoms with Crippen molar-refractivity contribution < 1.29 is 0 Å². The number of aromatic amines is 4. The molecular weight excluding hydrogens is 1570 g/mol. The second-order valence-corrected chi connectivity index (χ2v) is 35.9. The van der Waals surface area contributed by atoms with E-state index >= 15 is 0 Å². The summed E-state index contributed by atoms with van der Waals surface area (Å²) < 4.78 is 7.42. The zero-order valence-corrected chi connectivity index (χ0v) is 85.2. The summed E-state index contributed by atoms with van der Waals surface area (Å²) in [6.45, 7) is 80.1. The molecule has 13 rings (SSSR count). The van der Waals surface area contributed by atoms with Gasteiger partial charge < -0.3 is 9.97 Å². The van der Waals surface area contributed by atoms with Crippen LogP contribution in [-0.4, -0.2) is 94.2 Å². The molecule has 1 aromatic carbocycles. The summed E-state index contributed by atoms with van der Waals surface area (Å²) in [5, 5.41) is 28.9. The van der Waals surface area contributed by atoms with Gasteiger partial charge in [-0.05, 0) is 153 Å². The summed E-state index contributed by atoms with van der Waals surface area (Å²) >= 11 is 7.74. The first-order valence-corrected chi connectivity index (χ1v) is 45.7. The van der Waals surface area contributed by atoms with Crippen LogP contribution in [0.1, 0.15) is 279 Å². The van der Waals surface area contributed by atoms with Crippen molar-refractivity contribution in [3.05, 3.63) is 270 Å². The van der Waals surface area contributed by atoms with E-state index in [1.54, 1.807) is 150 Å². The van der Waals surface area contributed by atoms with E-state index in [-0.39, 0.29) is 0 Å². The van der Waals surface area contributed by atoms with Crippen LogP contribution in [0, 0.1) is 65.1 Å². The molecule has 19 nitrogen and oxygen atoms in total. The van der Waals surface area contributed by atoms with Crippen molar-refractivity contribution in [2.24, 2.45) is 65.1 Å². The summed E-state index contributed by atoms with van der Waals surface area (Å²) in [6.07, 6.45) is 35.2. The van der Waals surface area contributed by atoms with Gasteiger partial charge in [-0.3, -0.25) is 30.1 Å². The highest BCUT2D eigenvalue weighted by molar-refractivity contribution is 7.09. The molecule has 4 N–H and O–H groups in total. The third-order valence-electron chi connectivity index (χ3n) is 6.90. The number of hydrogen-bond acceptors (Lipinski definition) is 20. The maximum absolute atomic E-state index is 3.88. The first-order chi connectivity index (χ1) is 56.2. The number of aromatic nitrogens is 19. The van der Waals surface area contributed by atoms with Crippen LogP contribution in [0.15, 0.2) is 260 Å². The van der Waals surface area contributed by atoms with Gasteiger partial charge in [-0.25, -0.2) is 29.3 Å². The van der Waals surface area contributed by atoms with Gasteiger partial charge in [0.05, 0.1) is 11.8 Å². The quantitative estimate of drug-likeness (QED) is 0.125. The SMILES string of the molecule is CC(C)C.CC(C)C.CC(C)C.CC(C)C.CC(C)C.CC(C)C.CC(C)C.CC(C)C.CC(C)C.CC(C)C.CC(C)C.CC(C)c1ccccc1.CC(C)c1nncs1.c1c[nH]cn1.c1cc[nH]c1.c1ccncc1.c1ccsc1.c1cn[nH]c1.c1cnccn1.c1cncnc1.c1cnsc1.c1cscn1.c1nc[nH]n1.c1ncsn1. The third-order valence-corrected chi connectivity index (χ3v) is 10.00. The van der Waals surface area contributed by atoms with Crippen molar-refractivity contribution in [3.8, 4) is 0 Å². The van der Waals surface area contributed by atoms with Gasteiger partial charge in [-0.1, -0.05) is 305 Å². The first kappa shape index (κ1) is 134. The second-order valence-electron chi connectivity index (χ2n) is 32.2. The van der Waals surface area contributed by atoms with Crippen molar-refractivity contribution in [3.63, 3.8) is 0 Å². The van der Waals surface area contributed by atoms with E-state index < -0.39 is 0 Å². The fourth-order valence-electron chi connectivity index (χ4n) is 3.68. The van der Waals surface area contributed by atoms with Gasteiger partial charge >= 0.3 is 0 Å². The molecular formula is C95H171N19S5. The number of H-pyrrole nitrogens is 4. The normalized spacial score (nSPS) is 8.69. The lowest BCUT2D eigenvalue weighted by atomic mass is 10.0. The fourth-order valence-corrected chi connectivity index (χ4v) is 5.68. The molecule has 0 fully saturated rings. The largest absolute Gasteiger partial charge is 0.368 e. The van der Waals surface area contributed by atoms with Gasteiger partial charge in [0.1, 0.15) is 41.3 Å². The predicted molar refractivity (Wildman–Crippen MR) is 531 cm³/mol. The molecule has 12 aromatic heterocycles. The molecule has 0 radical (unpaired) electrons. The Hall–Kier alpha value is -8.55. The Balaban J connectivity index is -0.000000114. The Kier molecular flexibility index (Phi) is 135. The predicted octanol–water partition coefficient (Wildman–Crippen LogP) is 31.0. The number of imidazole rings is 1. The van der Waals surface area contributed by atoms with Crippen molar-refractivity contribution >= 4 is 57.1 Å². The van der Waals surface area contributed by atoms with Crippen LogP contribution < -0.4 is 0 Å². The van der Waals surface area contributed by atoms with Crippen molar-refractivity contribution in [1.82, 2.24) is 94.2 Å². The molecule has 676 valence electrons. The van der Waals surface area contributed by atoms with E-state index in [0.29, 0.717) is 11.8 Å². The lowest BCUT2D eigenvalue weighted by molar-refractivity contribution is 0.736. The first-order valence-electron chi connectivity index (χ1n) is 41.3. The van der Waals surface area contributed by atoms with Crippen molar-refractivity contribution in [2.75, 3.05) is 0 Å². The molecule has 0 aliphatic heterocycles. The number of rotatable bonds is 2. The van der Waals surface area contributed by atoms with E-state index in [1.807, 2.05) is 94.6 Å². The van der Waals surface area contributed by atoms with Crippen LogP contribution in [0.4, 0.5) is 0 Å². The van der Waals surface area contributed by atoms with E-state index in [4.69, 9.17) is 0 Å². The summed E-state index contributed by atoms with van der Waals surface area (Å²) in [7, 11) is 0. The zero-order chi connectivity index (χ0) is 93.0. The molecule has 13 aromatic rings. The van der Waals surface area contributed by atoms with E-state index in [0.717, 1.165) is 70.1 Å². The van der Waals surface area contributed by atoms with E-state index in [2.05, 4.69) is 375 Å². The smallest absolute Gasteiger partial charge is 0.137 e. The molecule has 0 bridgehead atoms. The van der Waals surface area contributed by atoms with Gasteiger partial charge in [0.25, 0.3) is 0 Å². The Morgan fingerprint density at radius 3 is 0.840 bits per heavy atom. The molecule has 0 amide bonds. The zero-order valence-electron chi connectivity index (χ0n) is 81.1. The van der Waals surface area contributed by atoms with Crippen LogP contribution in [0.25, 0.3) is 0 Å². The Morgan fingerprint density at radius 1 is 0.252 bits per heavy atom. The number of thiazole rings is 1. The van der Waals surface area contributed by atoms with E-state index in [1.165, 1.54) is 53.9 Å². The number of nitrogens with one attached hydrogen (secondary N) is 4. The standard InChI is InChI=1S/C9H12.C5H8N2S.C5H5N.2C4H4N2.C4H5N.C4H4S.11C4H10.2C3H4N2.2C3H3NS.C2H3N3.C2H2N2S/c1-8(2)9-6-4-3-5-7-9;1-4(2)5-7-6-3-8-5;1-2-4-6-5-3-1;1-2-6-4-3-5-1;1-2-5-4-6-3-1;2*1-2-4-5-3-1;11*1-4(2)3;1-2-5-3-4-1;1-2-4-5-3-1;1-2-5-3-4-1;1-2-4-5-3-1;2*1-3-2-5-4-1/h3-8H,1-2H3;3-4H,1-2H3;1-5H;2*1-4H;1-5H;1-4H;11*4H,1-3H3;2*1-3H,(H,4,5);2*1-3H;1-2H,(H,3,4,5);1-2H. The average Bonchev–Trinajstić information content (AvgIpc) is 1.94. The minimum atomic E-state index is 0.530. The molecule has 0 aliphatic carbocycles. The molecule has 0 spiro atoms. The topological polar surface area (TPSA) is 257 Å². The van der Waals surface area contributed by atoms with E-state index in [9.17, 15) is 0 Å². The summed E-state index contributed by atoms with van der Waals surface area (Å²) in [6, 6.07) is 29.7. The molecule has 24 heteroatoms. The van der Waals surface area contributed by atoms with Gasteiger partial charge in [0.2, 0.25) is 0 Å². The Labute approximate surface area is 749 Å². The maximum Gasteiger partial charge on any atom is 0.137 e. The minimum Gasteiger partial charge on any atom is -0.368 e. The molecule has 119 heavy (non-hydrogen) atoms. The summed E-state index contributed by atoms with van der Waals surface area (Å²) in [5.74, 6) is 10.4. The lowest BCUT2D eigenvalue weighted by Crippen LogP contribution is -1.83. The number of benzene rings is 1. The highest BCUT2D eigenvalue weighted by Crippen LogP contribution is 2.14. The van der Waals surface area contributed by atoms with Gasteiger partial charge in [-0.2, -0.15) is 25.9 Å². The minimum absolute atomic E-state index is 0.530. The molecule has 12 heterocycles. The average molecular weight is 1740 g/mol. The Bertz CT molecular complexity index is 2540. The fraction of sp³-hybridized carbons (Fsp3) is 0.526. The van der Waals surface area contributed by atoms with Crippen LogP contribution in [0.3, 0.4) is 0 Å². The molecule has 0 aliphatic rings. The van der Waals surface area contributed by atoms with Crippen LogP contribution in [-0.2, 0) is 0 Å². The number of thiophene rings is 1. The van der Waals surface area contributed by atoms with Gasteiger partial charge in [0, 0.05) is 116 Å². The monoisotopic (exact) mass is 1740 g/mol. The van der Waals surface area contributed by atoms with Crippen molar-refractivity contribution in [1.29, 1.82) is 0 Å². The summed E-state index contributed by atoms with van der Waals surface area (Å²) in [4.78, 5) is 38.8. The van der Waals surface area contributed by atoms with Crippen LogP contribution in [0.5, 0.6) is 0 Å². The third kappa shape index (κ3) is 241. The van der Waals surface area contributed by atoms with Crippen molar-refractivity contribution in [2.45, 2.75) is 268 Å². The molecule has 0 saturated carbocycles. The maximum atomic E-state index is 3.88. The number of nitrogens with zero attached hydrogens (tertiary/aromatic N) is 15. The highest BCUT2D eigenvalue weighted by atomic mass is 32.1. The molecule has 0 unspecified atom stereocenters.